The first-order valence-electron chi connectivity index (χ1n) is 9.56. The van der Waals surface area contributed by atoms with Gasteiger partial charge in [-0.05, 0) is 44.7 Å². The van der Waals surface area contributed by atoms with Crippen LogP contribution >= 0.6 is 23.7 Å². The SMILES string of the molecule is Cc1cc(-c2cc(C(=O)N3CCC(N)C(C)(C)C3)c3c(C)noc3n2)c(C)s1.Cl. The maximum atomic E-state index is 13.5. The molecule has 0 bridgehead atoms. The third-order valence-corrected chi connectivity index (χ3v) is 6.73. The van der Waals surface area contributed by atoms with Crippen LogP contribution in [0.25, 0.3) is 22.4 Å². The fourth-order valence-electron chi connectivity index (χ4n) is 4.00. The Hall–Kier alpha value is -1.96. The van der Waals surface area contributed by atoms with Gasteiger partial charge in [-0.1, -0.05) is 19.0 Å². The molecule has 1 aliphatic rings. The molecule has 3 aromatic rings. The van der Waals surface area contributed by atoms with Gasteiger partial charge in [0.15, 0.2) is 0 Å². The molecule has 1 atom stereocenters. The number of hydrogen-bond donors (Lipinski definition) is 1. The quantitative estimate of drug-likeness (QED) is 0.641. The molecule has 1 fully saturated rings. The molecule has 6 nitrogen and oxygen atoms in total. The van der Waals surface area contributed by atoms with Gasteiger partial charge in [0.05, 0.1) is 22.3 Å². The molecular formula is C21H27ClN4O2S. The second-order valence-electron chi connectivity index (χ2n) is 8.44. The molecule has 0 aromatic carbocycles. The van der Waals surface area contributed by atoms with Crippen LogP contribution in [-0.2, 0) is 0 Å². The van der Waals surface area contributed by atoms with Crippen LogP contribution in [0.15, 0.2) is 16.7 Å². The van der Waals surface area contributed by atoms with Gasteiger partial charge in [0.2, 0.25) is 0 Å². The number of aromatic nitrogens is 2. The lowest BCUT2D eigenvalue weighted by molar-refractivity contribution is 0.0535. The van der Waals surface area contributed by atoms with Crippen LogP contribution in [0.1, 0.15) is 46.1 Å². The fourth-order valence-corrected chi connectivity index (χ4v) is 4.94. The van der Waals surface area contributed by atoms with Crippen molar-refractivity contribution in [3.63, 3.8) is 0 Å². The summed E-state index contributed by atoms with van der Waals surface area (Å²) < 4.78 is 5.45. The van der Waals surface area contributed by atoms with Gasteiger partial charge in [-0.3, -0.25) is 4.79 Å². The first-order chi connectivity index (χ1) is 13.2. The van der Waals surface area contributed by atoms with Gasteiger partial charge >= 0.3 is 0 Å². The van der Waals surface area contributed by atoms with Crippen LogP contribution in [0.2, 0.25) is 0 Å². The fraction of sp³-hybridized carbons (Fsp3) is 0.476. The zero-order valence-corrected chi connectivity index (χ0v) is 19.0. The van der Waals surface area contributed by atoms with E-state index in [0.717, 1.165) is 17.7 Å². The molecule has 0 aliphatic carbocycles. The van der Waals surface area contributed by atoms with E-state index in [4.69, 9.17) is 10.3 Å². The van der Waals surface area contributed by atoms with Gasteiger partial charge in [0, 0.05) is 34.4 Å². The van der Waals surface area contributed by atoms with Crippen LogP contribution in [-0.4, -0.2) is 40.1 Å². The minimum atomic E-state index is -0.117. The summed E-state index contributed by atoms with van der Waals surface area (Å²) >= 11 is 1.72. The summed E-state index contributed by atoms with van der Waals surface area (Å²) in [5.74, 6) is -0.00969. The molecule has 1 amide bonds. The van der Waals surface area contributed by atoms with Gasteiger partial charge < -0.3 is 15.2 Å². The lowest BCUT2D eigenvalue weighted by Gasteiger charge is -2.42. The number of amides is 1. The molecule has 4 rings (SSSR count). The van der Waals surface area contributed by atoms with E-state index < -0.39 is 0 Å². The number of likely N-dealkylation sites (tertiary alicyclic amines) is 1. The summed E-state index contributed by atoms with van der Waals surface area (Å²) in [6, 6.07) is 4.10. The van der Waals surface area contributed by atoms with Gasteiger partial charge in [0.25, 0.3) is 11.6 Å². The van der Waals surface area contributed by atoms with E-state index in [1.54, 1.807) is 11.3 Å². The number of fused-ring (bicyclic) bond motifs is 1. The molecule has 0 saturated carbocycles. The van der Waals surface area contributed by atoms with Crippen LogP contribution in [0.3, 0.4) is 0 Å². The summed E-state index contributed by atoms with van der Waals surface area (Å²) in [5, 5.41) is 4.76. The summed E-state index contributed by atoms with van der Waals surface area (Å²) in [4.78, 5) is 22.5. The number of nitrogens with zero attached hydrogens (tertiary/aromatic N) is 3. The van der Waals surface area contributed by atoms with Crippen molar-refractivity contribution in [3.8, 4) is 11.3 Å². The molecule has 1 aliphatic heterocycles. The molecule has 1 saturated heterocycles. The second kappa shape index (κ2) is 7.70. The van der Waals surface area contributed by atoms with Crippen LogP contribution in [0.4, 0.5) is 0 Å². The van der Waals surface area contributed by atoms with E-state index in [1.807, 2.05) is 17.9 Å². The van der Waals surface area contributed by atoms with E-state index in [1.165, 1.54) is 9.75 Å². The Bertz CT molecular complexity index is 1070. The highest BCUT2D eigenvalue weighted by Crippen LogP contribution is 2.34. The molecular weight excluding hydrogens is 408 g/mol. The summed E-state index contributed by atoms with van der Waals surface area (Å²) in [7, 11) is 0. The van der Waals surface area contributed by atoms with Crippen molar-refractivity contribution in [2.24, 2.45) is 11.1 Å². The molecule has 3 aromatic heterocycles. The third-order valence-electron chi connectivity index (χ3n) is 5.76. The van der Waals surface area contributed by atoms with Crippen LogP contribution in [0.5, 0.6) is 0 Å². The topological polar surface area (TPSA) is 85.2 Å². The van der Waals surface area contributed by atoms with Gasteiger partial charge in [-0.15, -0.1) is 23.7 Å². The smallest absolute Gasteiger partial charge is 0.259 e. The summed E-state index contributed by atoms with van der Waals surface area (Å²) in [6.07, 6.45) is 0.797. The first kappa shape index (κ1) is 21.7. The number of nitrogens with two attached hydrogens (primary N) is 1. The van der Waals surface area contributed by atoms with E-state index in [-0.39, 0.29) is 29.8 Å². The molecule has 156 valence electrons. The highest BCUT2D eigenvalue weighted by molar-refractivity contribution is 7.12. The number of piperidine rings is 1. The maximum absolute atomic E-state index is 13.5. The Balaban J connectivity index is 0.00000240. The zero-order chi connectivity index (χ0) is 20.2. The molecule has 0 spiro atoms. The zero-order valence-electron chi connectivity index (χ0n) is 17.4. The largest absolute Gasteiger partial charge is 0.338 e. The standard InChI is InChI=1S/C21H26N4O2S.ClH/c1-11-8-14(13(3)28-11)16-9-15(18-12(2)24-27-19(18)23-16)20(26)25-7-6-17(22)21(4,5)10-25;/h8-9,17H,6-7,10,22H2,1-5H3;1H. The molecule has 29 heavy (non-hydrogen) atoms. The Kier molecular flexibility index (Phi) is 5.77. The number of carbonyl (C=O) groups is 1. The molecule has 1 unspecified atom stereocenters. The number of halogens is 1. The van der Waals surface area contributed by atoms with Gasteiger partial charge in [-0.25, -0.2) is 4.98 Å². The average molecular weight is 435 g/mol. The molecule has 2 N–H and O–H groups in total. The van der Waals surface area contributed by atoms with E-state index >= 15 is 0 Å². The maximum Gasteiger partial charge on any atom is 0.259 e. The van der Waals surface area contributed by atoms with Crippen molar-refractivity contribution in [3.05, 3.63) is 33.1 Å². The van der Waals surface area contributed by atoms with Crippen molar-refractivity contribution < 1.29 is 9.32 Å². The number of carbonyl (C=O) groups excluding carboxylic acids is 1. The van der Waals surface area contributed by atoms with Crippen LogP contribution < -0.4 is 5.73 Å². The highest BCUT2D eigenvalue weighted by Gasteiger charge is 2.36. The summed E-state index contributed by atoms with van der Waals surface area (Å²) in [6.45, 7) is 11.5. The van der Waals surface area contributed by atoms with Crippen molar-refractivity contribution in [2.45, 2.75) is 47.1 Å². The number of pyridine rings is 1. The van der Waals surface area contributed by atoms with Gasteiger partial charge in [-0.2, -0.15) is 0 Å². The average Bonchev–Trinajstić information content (AvgIpc) is 3.17. The lowest BCUT2D eigenvalue weighted by Crippen LogP contribution is -2.54. The van der Waals surface area contributed by atoms with Crippen molar-refractivity contribution in [1.29, 1.82) is 0 Å². The number of hydrogen-bond acceptors (Lipinski definition) is 6. The van der Waals surface area contributed by atoms with Crippen molar-refractivity contribution in [2.75, 3.05) is 13.1 Å². The second-order valence-corrected chi connectivity index (χ2v) is 9.90. The van der Waals surface area contributed by atoms with Crippen LogP contribution in [0, 0.1) is 26.2 Å². The van der Waals surface area contributed by atoms with Gasteiger partial charge in [0.1, 0.15) is 0 Å². The Morgan fingerprint density at radius 2 is 2.03 bits per heavy atom. The molecule has 4 heterocycles. The Morgan fingerprint density at radius 3 is 2.66 bits per heavy atom. The normalized spacial score (nSPS) is 18.7. The van der Waals surface area contributed by atoms with Crippen molar-refractivity contribution in [1.82, 2.24) is 15.0 Å². The molecule has 8 heteroatoms. The Morgan fingerprint density at radius 1 is 1.31 bits per heavy atom. The monoisotopic (exact) mass is 434 g/mol. The number of rotatable bonds is 2. The van der Waals surface area contributed by atoms with E-state index in [2.05, 4.69) is 43.9 Å². The Labute approximate surface area is 180 Å². The number of thiophene rings is 1. The molecule has 0 radical (unpaired) electrons. The van der Waals surface area contributed by atoms with Crippen molar-refractivity contribution >= 4 is 40.8 Å². The summed E-state index contributed by atoms with van der Waals surface area (Å²) in [5.41, 5.74) is 9.63. The minimum Gasteiger partial charge on any atom is -0.338 e. The third kappa shape index (κ3) is 3.79. The first-order valence-corrected chi connectivity index (χ1v) is 10.4. The van der Waals surface area contributed by atoms with E-state index in [9.17, 15) is 4.79 Å². The highest BCUT2D eigenvalue weighted by atomic mass is 35.5. The minimum absolute atomic E-state index is 0. The predicted molar refractivity (Wildman–Crippen MR) is 119 cm³/mol. The van der Waals surface area contributed by atoms with E-state index in [0.29, 0.717) is 35.4 Å². The lowest BCUT2D eigenvalue weighted by atomic mass is 9.79. The number of aryl methyl sites for hydroxylation is 3. The predicted octanol–water partition coefficient (Wildman–Crippen LogP) is 4.50.